The first-order valence-electron chi connectivity index (χ1n) is 5.45. The normalized spacial score (nSPS) is 13.1. The van der Waals surface area contributed by atoms with Crippen LogP contribution >= 0.6 is 11.6 Å². The lowest BCUT2D eigenvalue weighted by Gasteiger charge is -2.09. The van der Waals surface area contributed by atoms with Crippen molar-refractivity contribution in [2.45, 2.75) is 33.7 Å². The molecule has 0 amide bonds. The summed E-state index contributed by atoms with van der Waals surface area (Å²) in [6, 6.07) is 0. The molecule has 4 heteroatoms. The zero-order chi connectivity index (χ0) is 11.4. The summed E-state index contributed by atoms with van der Waals surface area (Å²) in [5.41, 5.74) is 2.13. The molecule has 86 valence electrons. The van der Waals surface area contributed by atoms with Crippen molar-refractivity contribution in [3.63, 3.8) is 0 Å². The van der Waals surface area contributed by atoms with E-state index in [1.165, 1.54) is 6.42 Å². The maximum Gasteiger partial charge on any atom is 0.131 e. The summed E-state index contributed by atoms with van der Waals surface area (Å²) in [5.74, 6) is 0.709. The molecule has 1 N–H and O–H groups in total. The maximum atomic E-state index is 6.12. The van der Waals surface area contributed by atoms with Crippen molar-refractivity contribution in [1.29, 1.82) is 0 Å². The van der Waals surface area contributed by atoms with Crippen LogP contribution in [0.4, 0.5) is 0 Å². The van der Waals surface area contributed by atoms with E-state index >= 15 is 0 Å². The molecule has 1 atom stereocenters. The zero-order valence-corrected chi connectivity index (χ0v) is 10.7. The van der Waals surface area contributed by atoms with Gasteiger partial charge in [-0.15, -0.1) is 0 Å². The van der Waals surface area contributed by atoms with E-state index in [-0.39, 0.29) is 0 Å². The third-order valence-electron chi connectivity index (χ3n) is 2.76. The highest BCUT2D eigenvalue weighted by molar-refractivity contribution is 6.30. The summed E-state index contributed by atoms with van der Waals surface area (Å²) in [6.45, 7) is 8.27. The molecule has 0 saturated carbocycles. The SMILES string of the molecule is CCC(C)CNCc1c(C)nn(C)c1Cl. The smallest absolute Gasteiger partial charge is 0.131 e. The molecular formula is C11H20ClN3. The number of hydrogen-bond donors (Lipinski definition) is 1. The average molecular weight is 230 g/mol. The summed E-state index contributed by atoms with van der Waals surface area (Å²) < 4.78 is 1.72. The fourth-order valence-electron chi connectivity index (χ4n) is 1.46. The lowest BCUT2D eigenvalue weighted by atomic mass is 10.1. The quantitative estimate of drug-likeness (QED) is 0.841. The largest absolute Gasteiger partial charge is 0.312 e. The molecule has 1 heterocycles. The highest BCUT2D eigenvalue weighted by Gasteiger charge is 2.10. The van der Waals surface area contributed by atoms with Gasteiger partial charge in [0, 0.05) is 19.2 Å². The summed E-state index contributed by atoms with van der Waals surface area (Å²) in [5, 5.41) is 8.42. The van der Waals surface area contributed by atoms with Crippen molar-refractivity contribution in [2.24, 2.45) is 13.0 Å². The number of rotatable bonds is 5. The van der Waals surface area contributed by atoms with Gasteiger partial charge in [-0.3, -0.25) is 4.68 Å². The average Bonchev–Trinajstić information content (AvgIpc) is 2.44. The van der Waals surface area contributed by atoms with E-state index in [4.69, 9.17) is 11.6 Å². The molecule has 0 aliphatic heterocycles. The molecule has 1 aromatic heterocycles. The molecular weight excluding hydrogens is 210 g/mol. The molecule has 0 bridgehead atoms. The van der Waals surface area contributed by atoms with Crippen LogP contribution < -0.4 is 5.32 Å². The molecule has 15 heavy (non-hydrogen) atoms. The Morgan fingerprint density at radius 2 is 2.20 bits per heavy atom. The molecule has 0 aliphatic carbocycles. The second kappa shape index (κ2) is 5.52. The van der Waals surface area contributed by atoms with Crippen molar-refractivity contribution in [2.75, 3.05) is 6.54 Å². The lowest BCUT2D eigenvalue weighted by molar-refractivity contribution is 0.499. The molecule has 1 aromatic rings. The van der Waals surface area contributed by atoms with Crippen LogP contribution in [0, 0.1) is 12.8 Å². The van der Waals surface area contributed by atoms with Gasteiger partial charge >= 0.3 is 0 Å². The van der Waals surface area contributed by atoms with Gasteiger partial charge in [-0.25, -0.2) is 0 Å². The number of nitrogens with zero attached hydrogens (tertiary/aromatic N) is 2. The first kappa shape index (κ1) is 12.5. The van der Waals surface area contributed by atoms with Gasteiger partial charge in [-0.05, 0) is 19.4 Å². The minimum atomic E-state index is 0.709. The van der Waals surface area contributed by atoms with E-state index in [9.17, 15) is 0 Å². The van der Waals surface area contributed by atoms with E-state index in [0.29, 0.717) is 5.92 Å². The van der Waals surface area contributed by atoms with Crippen molar-refractivity contribution in [1.82, 2.24) is 15.1 Å². The summed E-state index contributed by atoms with van der Waals surface area (Å²) in [7, 11) is 1.87. The Kier molecular flexibility index (Phi) is 4.61. The third kappa shape index (κ3) is 3.21. The molecule has 0 radical (unpaired) electrons. The van der Waals surface area contributed by atoms with Gasteiger partial charge in [0.25, 0.3) is 0 Å². The zero-order valence-electron chi connectivity index (χ0n) is 9.97. The van der Waals surface area contributed by atoms with Gasteiger partial charge in [0.2, 0.25) is 0 Å². The van der Waals surface area contributed by atoms with Gasteiger partial charge in [-0.1, -0.05) is 31.9 Å². The summed E-state index contributed by atoms with van der Waals surface area (Å²) in [6.07, 6.45) is 1.20. The molecule has 1 rings (SSSR count). The topological polar surface area (TPSA) is 29.9 Å². The first-order chi connectivity index (χ1) is 7.06. The highest BCUT2D eigenvalue weighted by atomic mass is 35.5. The minimum Gasteiger partial charge on any atom is -0.312 e. The number of hydrogen-bond acceptors (Lipinski definition) is 2. The summed E-state index contributed by atoms with van der Waals surface area (Å²) in [4.78, 5) is 0. The fraction of sp³-hybridized carbons (Fsp3) is 0.727. The van der Waals surface area contributed by atoms with Crippen LogP contribution in [-0.2, 0) is 13.6 Å². The lowest BCUT2D eigenvalue weighted by Crippen LogP contribution is -2.20. The van der Waals surface area contributed by atoms with Gasteiger partial charge in [-0.2, -0.15) is 5.10 Å². The van der Waals surface area contributed by atoms with Crippen molar-refractivity contribution in [3.8, 4) is 0 Å². The monoisotopic (exact) mass is 229 g/mol. The predicted octanol–water partition coefficient (Wildman–Crippen LogP) is 2.52. The molecule has 3 nitrogen and oxygen atoms in total. The number of halogens is 1. The molecule has 0 aliphatic rings. The van der Waals surface area contributed by atoms with Crippen LogP contribution in [0.3, 0.4) is 0 Å². The third-order valence-corrected chi connectivity index (χ3v) is 3.23. The number of nitrogens with one attached hydrogen (secondary N) is 1. The van der Waals surface area contributed by atoms with Crippen molar-refractivity contribution >= 4 is 11.6 Å². The van der Waals surface area contributed by atoms with Crippen LogP contribution in [0.1, 0.15) is 31.5 Å². The van der Waals surface area contributed by atoms with E-state index in [2.05, 4.69) is 24.3 Å². The summed E-state index contributed by atoms with van der Waals surface area (Å²) >= 11 is 6.12. The van der Waals surface area contributed by atoms with Crippen LogP contribution in [-0.4, -0.2) is 16.3 Å². The molecule has 0 fully saturated rings. The van der Waals surface area contributed by atoms with Crippen LogP contribution in [0.15, 0.2) is 0 Å². The Morgan fingerprint density at radius 1 is 1.53 bits per heavy atom. The molecule has 1 unspecified atom stereocenters. The standard InChI is InChI=1S/C11H20ClN3/c1-5-8(2)6-13-7-10-9(3)14-15(4)11(10)12/h8,13H,5-7H2,1-4H3. The van der Waals surface area contributed by atoms with Crippen molar-refractivity contribution in [3.05, 3.63) is 16.4 Å². The first-order valence-corrected chi connectivity index (χ1v) is 5.82. The van der Waals surface area contributed by atoms with E-state index in [0.717, 1.165) is 29.5 Å². The predicted molar refractivity (Wildman–Crippen MR) is 64.1 cm³/mol. The van der Waals surface area contributed by atoms with Crippen molar-refractivity contribution < 1.29 is 0 Å². The van der Waals surface area contributed by atoms with Crippen LogP contribution in [0.5, 0.6) is 0 Å². The van der Waals surface area contributed by atoms with Gasteiger partial charge in [0.05, 0.1) is 5.69 Å². The molecule has 0 aromatic carbocycles. The number of aryl methyl sites for hydroxylation is 2. The van der Waals surface area contributed by atoms with Gasteiger partial charge in [0.15, 0.2) is 0 Å². The Balaban J connectivity index is 2.50. The highest BCUT2D eigenvalue weighted by Crippen LogP contribution is 2.18. The fourth-order valence-corrected chi connectivity index (χ4v) is 1.70. The second-order valence-electron chi connectivity index (χ2n) is 4.12. The van der Waals surface area contributed by atoms with Gasteiger partial charge in [0.1, 0.15) is 5.15 Å². The van der Waals surface area contributed by atoms with E-state index in [1.54, 1.807) is 4.68 Å². The van der Waals surface area contributed by atoms with E-state index < -0.39 is 0 Å². The Labute approximate surface area is 96.8 Å². The Morgan fingerprint density at radius 3 is 2.67 bits per heavy atom. The Hall–Kier alpha value is -0.540. The molecule has 0 saturated heterocycles. The van der Waals surface area contributed by atoms with E-state index in [1.807, 2.05) is 14.0 Å². The minimum absolute atomic E-state index is 0.709. The van der Waals surface area contributed by atoms with Crippen LogP contribution in [0.2, 0.25) is 5.15 Å². The van der Waals surface area contributed by atoms with Gasteiger partial charge < -0.3 is 5.32 Å². The number of aromatic nitrogens is 2. The van der Waals surface area contributed by atoms with Crippen LogP contribution in [0.25, 0.3) is 0 Å². The Bertz CT molecular complexity index is 320. The molecule has 0 spiro atoms. The maximum absolute atomic E-state index is 6.12. The second-order valence-corrected chi connectivity index (χ2v) is 4.48.